The van der Waals surface area contributed by atoms with Gasteiger partial charge in [0.1, 0.15) is 5.69 Å². The zero-order valence-electron chi connectivity index (χ0n) is 13.1. The number of halogens is 2. The van der Waals surface area contributed by atoms with Gasteiger partial charge in [-0.1, -0.05) is 6.07 Å². The highest BCUT2D eigenvalue weighted by Crippen LogP contribution is 2.25. The molecule has 25 heavy (non-hydrogen) atoms. The van der Waals surface area contributed by atoms with Crippen LogP contribution in [0.25, 0.3) is 5.69 Å². The van der Waals surface area contributed by atoms with Gasteiger partial charge in [0.2, 0.25) is 12.1 Å². The van der Waals surface area contributed by atoms with E-state index in [-0.39, 0.29) is 11.4 Å². The molecule has 10 heteroatoms. The van der Waals surface area contributed by atoms with Crippen LogP contribution >= 0.6 is 0 Å². The summed E-state index contributed by atoms with van der Waals surface area (Å²) in [6, 6.07) is 3.13. The van der Waals surface area contributed by atoms with Gasteiger partial charge in [0.15, 0.2) is 17.3 Å². The quantitative estimate of drug-likeness (QED) is 0.558. The van der Waals surface area contributed by atoms with E-state index in [1.165, 1.54) is 20.2 Å². The Kier molecular flexibility index (Phi) is 3.84. The van der Waals surface area contributed by atoms with Crippen molar-refractivity contribution in [3.05, 3.63) is 46.8 Å². The first-order valence-corrected chi connectivity index (χ1v) is 7.07. The number of hydrogen-bond donors (Lipinski definition) is 0. The summed E-state index contributed by atoms with van der Waals surface area (Å²) in [5.41, 5.74) is -1.32. The maximum Gasteiger partial charge on any atom is 0.282 e. The zero-order chi connectivity index (χ0) is 18.3. The van der Waals surface area contributed by atoms with E-state index < -0.39 is 40.7 Å². The van der Waals surface area contributed by atoms with Gasteiger partial charge in [-0.05, 0) is 19.1 Å². The predicted molar refractivity (Wildman–Crippen MR) is 78.0 cm³/mol. The fourth-order valence-corrected chi connectivity index (χ4v) is 2.48. The molecule has 0 fully saturated rings. The lowest BCUT2D eigenvalue weighted by Gasteiger charge is -2.26. The average Bonchev–Trinajstić information content (AvgIpc) is 2.59. The molecule has 2 aromatic rings. The maximum absolute atomic E-state index is 14.1. The molecular formula is C15H10F2N6O2. The Morgan fingerprint density at radius 1 is 1.28 bits per heavy atom. The first kappa shape index (κ1) is 16.4. The van der Waals surface area contributed by atoms with Crippen molar-refractivity contribution in [3.63, 3.8) is 0 Å². The zero-order valence-corrected chi connectivity index (χ0v) is 13.1. The third-order valence-corrected chi connectivity index (χ3v) is 3.77. The molecule has 0 radical (unpaired) electrons. The van der Waals surface area contributed by atoms with Crippen LogP contribution in [0.1, 0.15) is 29.0 Å². The normalized spacial score (nSPS) is 17.5. The number of nitrogens with zero attached hydrogens (tertiary/aromatic N) is 6. The van der Waals surface area contributed by atoms with Gasteiger partial charge in [-0.2, -0.15) is 15.0 Å². The standard InChI is InChI=1S/C15H10F2N6O2/c1-7-10-11(14(25)22(2)13(7)24)21-23(15(20-10)19-6-18)12-8(16)4-3-5-9(12)17/h3-5,7H,1-2H3. The monoisotopic (exact) mass is 344 g/mol. The second kappa shape index (κ2) is 5.86. The molecule has 0 aliphatic carbocycles. The Bertz CT molecular complexity index is 1000. The summed E-state index contributed by atoms with van der Waals surface area (Å²) in [6.45, 7) is 1.50. The Balaban J connectivity index is 2.40. The van der Waals surface area contributed by atoms with Crippen LogP contribution in [0.4, 0.5) is 8.78 Å². The minimum atomic E-state index is -0.977. The van der Waals surface area contributed by atoms with E-state index in [1.54, 1.807) is 0 Å². The van der Waals surface area contributed by atoms with E-state index in [1.807, 2.05) is 0 Å². The Morgan fingerprint density at radius 3 is 2.52 bits per heavy atom. The van der Waals surface area contributed by atoms with E-state index in [0.717, 1.165) is 23.1 Å². The Hall–Kier alpha value is -3.48. The molecule has 1 unspecified atom stereocenters. The lowest BCUT2D eigenvalue weighted by molar-refractivity contribution is -0.129. The van der Waals surface area contributed by atoms with Crippen LogP contribution in [0, 0.1) is 23.1 Å². The number of nitriles is 1. The average molecular weight is 344 g/mol. The topological polar surface area (TPSA) is 104 Å². The molecule has 0 bridgehead atoms. The van der Waals surface area contributed by atoms with E-state index in [9.17, 15) is 18.4 Å². The summed E-state index contributed by atoms with van der Waals surface area (Å²) in [4.78, 5) is 32.6. The second-order valence-electron chi connectivity index (χ2n) is 5.26. The fraction of sp³-hybridized carbons (Fsp3) is 0.200. The van der Waals surface area contributed by atoms with Crippen LogP contribution in [0.15, 0.2) is 23.2 Å². The third-order valence-electron chi connectivity index (χ3n) is 3.77. The van der Waals surface area contributed by atoms with Crippen LogP contribution < -0.4 is 5.62 Å². The molecule has 1 atom stereocenters. The number of benzene rings is 1. The van der Waals surface area contributed by atoms with Crippen LogP contribution in [-0.4, -0.2) is 38.5 Å². The summed E-state index contributed by atoms with van der Waals surface area (Å²) in [5, 5.41) is 12.7. The molecule has 126 valence electrons. The van der Waals surface area contributed by atoms with Crippen molar-refractivity contribution in [1.29, 1.82) is 5.26 Å². The largest absolute Gasteiger partial charge is 0.282 e. The molecule has 1 aromatic heterocycles. The summed E-state index contributed by atoms with van der Waals surface area (Å²) in [7, 11) is 1.27. The molecule has 1 aliphatic heterocycles. The lowest BCUT2D eigenvalue weighted by atomic mass is 9.99. The van der Waals surface area contributed by atoms with E-state index in [0.29, 0.717) is 4.68 Å². The highest BCUT2D eigenvalue weighted by atomic mass is 19.1. The number of amides is 2. The number of aromatic nitrogens is 3. The first-order chi connectivity index (χ1) is 11.9. The molecule has 0 saturated carbocycles. The molecule has 0 saturated heterocycles. The van der Waals surface area contributed by atoms with Gasteiger partial charge in [-0.3, -0.25) is 14.5 Å². The smallest absolute Gasteiger partial charge is 0.280 e. The van der Waals surface area contributed by atoms with Crippen molar-refractivity contribution in [2.24, 2.45) is 4.99 Å². The SMILES string of the molecule is CC1C(=O)N(C)C(=O)c2nn(-c3c(F)cccc3F)c(=NC#N)nc21. The molecule has 1 aromatic carbocycles. The van der Waals surface area contributed by atoms with Crippen LogP contribution in [-0.2, 0) is 4.79 Å². The molecule has 0 N–H and O–H groups in total. The van der Waals surface area contributed by atoms with E-state index in [2.05, 4.69) is 15.1 Å². The second-order valence-corrected chi connectivity index (χ2v) is 5.26. The molecule has 0 spiro atoms. The number of carbonyl (C=O) groups is 2. The van der Waals surface area contributed by atoms with Gasteiger partial charge < -0.3 is 0 Å². The molecular weight excluding hydrogens is 334 g/mol. The highest BCUT2D eigenvalue weighted by Gasteiger charge is 2.37. The summed E-state index contributed by atoms with van der Waals surface area (Å²) in [5.74, 6) is -4.05. The van der Waals surface area contributed by atoms with Gasteiger partial charge in [-0.25, -0.2) is 13.8 Å². The number of likely N-dealkylation sites (N-methyl/N-ethyl adjacent to an activating group) is 1. The third kappa shape index (κ3) is 2.46. The number of hydrogen-bond acceptors (Lipinski definition) is 6. The van der Waals surface area contributed by atoms with Crippen molar-refractivity contribution < 1.29 is 18.4 Å². The number of rotatable bonds is 1. The van der Waals surface area contributed by atoms with Crippen molar-refractivity contribution >= 4 is 11.8 Å². The van der Waals surface area contributed by atoms with Gasteiger partial charge in [0, 0.05) is 7.05 Å². The summed E-state index contributed by atoms with van der Waals surface area (Å²) >= 11 is 0. The molecule has 3 rings (SSSR count). The van der Waals surface area contributed by atoms with Crippen molar-refractivity contribution in [2.45, 2.75) is 12.8 Å². The summed E-state index contributed by atoms with van der Waals surface area (Å²) in [6.07, 6.45) is 1.46. The molecule has 2 amide bonds. The van der Waals surface area contributed by atoms with E-state index >= 15 is 0 Å². The number of imide groups is 1. The van der Waals surface area contributed by atoms with Crippen LogP contribution in [0.2, 0.25) is 0 Å². The van der Waals surface area contributed by atoms with Gasteiger partial charge in [0.25, 0.3) is 11.5 Å². The number of carbonyl (C=O) groups excluding carboxylic acids is 2. The first-order valence-electron chi connectivity index (χ1n) is 7.07. The van der Waals surface area contributed by atoms with Gasteiger partial charge in [0.05, 0.1) is 11.6 Å². The highest BCUT2D eigenvalue weighted by molar-refractivity contribution is 6.09. The van der Waals surface area contributed by atoms with Crippen molar-refractivity contribution in [2.75, 3.05) is 7.05 Å². The van der Waals surface area contributed by atoms with Crippen molar-refractivity contribution in [3.8, 4) is 11.9 Å². The molecule has 2 heterocycles. The lowest BCUT2D eigenvalue weighted by Crippen LogP contribution is -2.45. The number of para-hydroxylation sites is 1. The Morgan fingerprint density at radius 2 is 1.92 bits per heavy atom. The maximum atomic E-state index is 14.1. The molecule has 1 aliphatic rings. The Labute approximate surface area is 139 Å². The van der Waals surface area contributed by atoms with Crippen LogP contribution in [0.5, 0.6) is 0 Å². The predicted octanol–water partition coefficient (Wildman–Crippen LogP) is 0.643. The summed E-state index contributed by atoms with van der Waals surface area (Å²) < 4.78 is 28.8. The minimum Gasteiger partial charge on any atom is -0.280 e. The van der Waals surface area contributed by atoms with E-state index in [4.69, 9.17) is 5.26 Å². The minimum absolute atomic E-state index is 0.00454. The van der Waals surface area contributed by atoms with Crippen molar-refractivity contribution in [1.82, 2.24) is 19.7 Å². The fourth-order valence-electron chi connectivity index (χ4n) is 2.48. The van der Waals surface area contributed by atoms with Gasteiger partial charge >= 0.3 is 0 Å². The van der Waals surface area contributed by atoms with Crippen LogP contribution in [0.3, 0.4) is 0 Å². The number of fused-ring (bicyclic) bond motifs is 1. The van der Waals surface area contributed by atoms with Gasteiger partial charge in [-0.15, -0.1) is 4.99 Å². The molecule has 8 nitrogen and oxygen atoms in total.